The predicted octanol–water partition coefficient (Wildman–Crippen LogP) is 5.25. The topological polar surface area (TPSA) is 104 Å². The van der Waals surface area contributed by atoms with Gasteiger partial charge < -0.3 is 15.3 Å². The first-order chi connectivity index (χ1) is 16.3. The highest BCUT2D eigenvalue weighted by molar-refractivity contribution is 6.30. The molecule has 176 valence electrons. The summed E-state index contributed by atoms with van der Waals surface area (Å²) in [6, 6.07) is 15.5. The van der Waals surface area contributed by atoms with E-state index in [1.165, 1.54) is 0 Å². The van der Waals surface area contributed by atoms with Gasteiger partial charge in [-0.2, -0.15) is 0 Å². The van der Waals surface area contributed by atoms with Gasteiger partial charge in [0.05, 0.1) is 30.0 Å². The summed E-state index contributed by atoms with van der Waals surface area (Å²) in [6.45, 7) is 2.03. The number of hydrogen-bond acceptors (Lipinski definition) is 5. The lowest BCUT2D eigenvalue weighted by molar-refractivity contribution is -0.139. The van der Waals surface area contributed by atoms with E-state index < -0.39 is 24.6 Å². The number of halogens is 1. The molecule has 2 atom stereocenters. The van der Waals surface area contributed by atoms with Gasteiger partial charge in [-0.3, -0.25) is 4.79 Å². The Balaban J connectivity index is 1.76. The van der Waals surface area contributed by atoms with E-state index in [0.29, 0.717) is 16.8 Å². The minimum absolute atomic E-state index is 0.0693. The zero-order valence-electron chi connectivity index (χ0n) is 18.9. The van der Waals surface area contributed by atoms with Gasteiger partial charge in [0.2, 0.25) is 0 Å². The van der Waals surface area contributed by atoms with Crippen molar-refractivity contribution < 1.29 is 20.1 Å². The number of aliphatic hydroxyl groups excluding tert-OH is 2. The average Bonchev–Trinajstić information content (AvgIpc) is 3.63. The molecule has 4 rings (SSSR count). The lowest BCUT2D eigenvalue weighted by Crippen LogP contribution is -2.19. The second-order valence-electron chi connectivity index (χ2n) is 8.76. The van der Waals surface area contributed by atoms with Crippen LogP contribution in [-0.2, 0) is 4.79 Å². The Labute approximate surface area is 203 Å². The molecule has 0 amide bonds. The second-order valence-corrected chi connectivity index (χ2v) is 9.19. The Kier molecular flexibility index (Phi) is 7.41. The lowest BCUT2D eigenvalue weighted by Gasteiger charge is -2.15. The highest BCUT2D eigenvalue weighted by Gasteiger charge is 2.30. The number of hydrogen-bond donors (Lipinski definition) is 3. The molecule has 0 radical (unpaired) electrons. The van der Waals surface area contributed by atoms with Crippen molar-refractivity contribution in [2.75, 3.05) is 0 Å². The van der Waals surface area contributed by atoms with Crippen LogP contribution in [0.2, 0.25) is 5.02 Å². The molecule has 0 bridgehead atoms. The van der Waals surface area contributed by atoms with Gasteiger partial charge in [-0.25, -0.2) is 9.97 Å². The van der Waals surface area contributed by atoms with Crippen LogP contribution >= 0.6 is 11.6 Å². The van der Waals surface area contributed by atoms with Crippen LogP contribution in [-0.4, -0.2) is 43.5 Å². The maximum Gasteiger partial charge on any atom is 0.305 e. The van der Waals surface area contributed by atoms with E-state index >= 15 is 0 Å². The van der Waals surface area contributed by atoms with Gasteiger partial charge in [0.25, 0.3) is 0 Å². The first kappa shape index (κ1) is 24.1. The Morgan fingerprint density at radius 1 is 1.06 bits per heavy atom. The predicted molar refractivity (Wildman–Crippen MR) is 133 cm³/mol. The fourth-order valence-corrected chi connectivity index (χ4v) is 3.95. The maximum atomic E-state index is 10.8. The van der Waals surface area contributed by atoms with E-state index in [2.05, 4.69) is 0 Å². The summed E-state index contributed by atoms with van der Waals surface area (Å²) in [4.78, 5) is 20.6. The molecule has 0 aliphatic heterocycles. The van der Waals surface area contributed by atoms with Crippen LogP contribution in [0.1, 0.15) is 48.4 Å². The molecule has 2 unspecified atom stereocenters. The Morgan fingerprint density at radius 3 is 2.32 bits per heavy atom. The average molecular weight is 479 g/mol. The van der Waals surface area contributed by atoms with Crippen LogP contribution in [0, 0.1) is 6.92 Å². The zero-order valence-corrected chi connectivity index (χ0v) is 19.6. The van der Waals surface area contributed by atoms with E-state index in [-0.39, 0.29) is 6.42 Å². The van der Waals surface area contributed by atoms with Crippen molar-refractivity contribution in [3.8, 4) is 22.6 Å². The Bertz CT molecular complexity index is 1190. The van der Waals surface area contributed by atoms with Gasteiger partial charge in [0.1, 0.15) is 0 Å². The van der Waals surface area contributed by atoms with Crippen LogP contribution in [0.25, 0.3) is 28.7 Å². The van der Waals surface area contributed by atoms with Gasteiger partial charge >= 0.3 is 5.97 Å². The minimum Gasteiger partial charge on any atom is -0.481 e. The summed E-state index contributed by atoms with van der Waals surface area (Å²) in [5.74, 6) is -0.154. The van der Waals surface area contributed by atoms with Crippen LogP contribution < -0.4 is 0 Å². The molecular formula is C27H27ClN2O4. The molecular weight excluding hydrogens is 452 g/mol. The summed E-state index contributed by atoms with van der Waals surface area (Å²) in [5.41, 5.74) is 5.43. The molecule has 1 aromatic heterocycles. The summed E-state index contributed by atoms with van der Waals surface area (Å²) < 4.78 is 0. The van der Waals surface area contributed by atoms with Crippen molar-refractivity contribution in [2.24, 2.45) is 0 Å². The normalized spacial score (nSPS) is 15.4. The lowest BCUT2D eigenvalue weighted by atomic mass is 9.99. The molecule has 0 spiro atoms. The van der Waals surface area contributed by atoms with E-state index in [1.54, 1.807) is 12.2 Å². The molecule has 6 nitrogen and oxygen atoms in total. The number of rotatable bonds is 9. The fourth-order valence-electron chi connectivity index (χ4n) is 3.83. The number of carboxylic acids is 1. The third-order valence-corrected chi connectivity index (χ3v) is 6.03. The summed E-state index contributed by atoms with van der Waals surface area (Å²) in [5, 5.41) is 29.7. The van der Waals surface area contributed by atoms with E-state index in [9.17, 15) is 15.0 Å². The van der Waals surface area contributed by atoms with Gasteiger partial charge in [-0.05, 0) is 31.9 Å². The van der Waals surface area contributed by atoms with E-state index in [4.69, 9.17) is 26.7 Å². The van der Waals surface area contributed by atoms with E-state index in [0.717, 1.165) is 46.5 Å². The number of aliphatic hydroxyl groups is 2. The Hall–Kier alpha value is -3.06. The highest BCUT2D eigenvalue weighted by Crippen LogP contribution is 2.43. The molecule has 7 heteroatoms. The summed E-state index contributed by atoms with van der Waals surface area (Å²) >= 11 is 6.11. The number of benzene rings is 2. The highest BCUT2D eigenvalue weighted by atomic mass is 35.5. The fraction of sp³-hybridized carbons (Fsp3) is 0.296. The second kappa shape index (κ2) is 10.5. The van der Waals surface area contributed by atoms with Gasteiger partial charge in [-0.15, -0.1) is 0 Å². The number of carbonyl (C=O) groups is 1. The Morgan fingerprint density at radius 2 is 1.71 bits per heavy atom. The molecule has 3 aromatic rings. The molecule has 1 aliphatic carbocycles. The number of aryl methyl sites for hydroxylation is 1. The molecule has 2 aromatic carbocycles. The van der Waals surface area contributed by atoms with Crippen LogP contribution in [0.4, 0.5) is 0 Å². The monoisotopic (exact) mass is 478 g/mol. The van der Waals surface area contributed by atoms with Crippen molar-refractivity contribution in [1.82, 2.24) is 9.97 Å². The first-order valence-corrected chi connectivity index (χ1v) is 11.7. The molecule has 34 heavy (non-hydrogen) atoms. The molecule has 0 saturated heterocycles. The largest absolute Gasteiger partial charge is 0.481 e. The maximum absolute atomic E-state index is 10.8. The number of nitrogens with zero attached hydrogens (tertiary/aromatic N) is 2. The van der Waals surface area contributed by atoms with Crippen LogP contribution in [0.3, 0.4) is 0 Å². The molecule has 1 heterocycles. The van der Waals surface area contributed by atoms with Gasteiger partial charge in [0, 0.05) is 34.1 Å². The van der Waals surface area contributed by atoms with Gasteiger partial charge in [-0.1, -0.05) is 65.7 Å². The van der Waals surface area contributed by atoms with Crippen molar-refractivity contribution in [3.05, 3.63) is 76.5 Å². The van der Waals surface area contributed by atoms with Crippen molar-refractivity contribution in [1.29, 1.82) is 0 Å². The standard InChI is InChI=1S/C27H27ClN2O4/c1-16-2-4-19(5-3-16)27-29-25(17-6-7-17)23(13-12-21(31)14-22(32)15-24(33)34)26(30-27)18-8-10-20(28)11-9-18/h2-5,8-13,17,21-22,31-32H,6-7,14-15H2,1H3,(H,33,34). The van der Waals surface area contributed by atoms with Crippen LogP contribution in [0.15, 0.2) is 54.6 Å². The third kappa shape index (κ3) is 6.08. The van der Waals surface area contributed by atoms with Crippen molar-refractivity contribution >= 4 is 23.6 Å². The molecule has 3 N–H and O–H groups in total. The van der Waals surface area contributed by atoms with Crippen molar-refractivity contribution in [2.45, 2.75) is 50.7 Å². The number of aromatic nitrogens is 2. The SMILES string of the molecule is Cc1ccc(-c2nc(-c3ccc(Cl)cc3)c(C=CC(O)CC(O)CC(=O)O)c(C3CC3)n2)cc1. The number of aliphatic carboxylic acids is 1. The molecule has 1 fully saturated rings. The minimum atomic E-state index is -1.13. The van der Waals surface area contributed by atoms with E-state index in [1.807, 2.05) is 55.5 Å². The third-order valence-electron chi connectivity index (χ3n) is 5.78. The van der Waals surface area contributed by atoms with Crippen LogP contribution in [0.5, 0.6) is 0 Å². The molecule has 1 saturated carbocycles. The van der Waals surface area contributed by atoms with Crippen molar-refractivity contribution in [3.63, 3.8) is 0 Å². The summed E-state index contributed by atoms with van der Waals surface area (Å²) in [7, 11) is 0. The summed E-state index contributed by atoms with van der Waals surface area (Å²) in [6.07, 6.45) is 2.81. The smallest absolute Gasteiger partial charge is 0.305 e. The number of carboxylic acid groups (broad SMARTS) is 1. The van der Waals surface area contributed by atoms with Gasteiger partial charge in [0.15, 0.2) is 5.82 Å². The zero-order chi connectivity index (χ0) is 24.2. The molecule has 1 aliphatic rings. The quantitative estimate of drug-likeness (QED) is 0.388. The first-order valence-electron chi connectivity index (χ1n) is 11.3.